The maximum atomic E-state index is 9.23. The summed E-state index contributed by atoms with van der Waals surface area (Å²) in [4.78, 5) is 8.63. The van der Waals surface area contributed by atoms with E-state index in [9.17, 15) is 5.11 Å². The van der Waals surface area contributed by atoms with Gasteiger partial charge in [-0.05, 0) is 12.1 Å². The van der Waals surface area contributed by atoms with Gasteiger partial charge in [0.15, 0.2) is 0 Å². The first-order valence-corrected chi connectivity index (χ1v) is 6.74. The molecule has 1 aromatic heterocycles. The number of nitrogens with two attached hydrogens (primary N) is 1. The highest BCUT2D eigenvalue weighted by Crippen LogP contribution is 2.19. The van der Waals surface area contributed by atoms with Crippen molar-refractivity contribution in [3.63, 3.8) is 0 Å². The molecule has 0 bridgehead atoms. The van der Waals surface area contributed by atoms with Crippen LogP contribution in [0.15, 0.2) is 24.3 Å². The zero-order chi connectivity index (χ0) is 13.0. The molecule has 0 aliphatic rings. The summed E-state index contributed by atoms with van der Waals surface area (Å²) in [7, 11) is 0. The molecule has 6 heteroatoms. The Labute approximate surface area is 109 Å². The van der Waals surface area contributed by atoms with Gasteiger partial charge in [0.1, 0.15) is 11.6 Å². The first-order valence-electron chi connectivity index (χ1n) is 5.58. The van der Waals surface area contributed by atoms with E-state index in [-0.39, 0.29) is 6.61 Å². The number of fused-ring (bicyclic) bond motifs is 1. The minimum Gasteiger partial charge on any atom is -0.394 e. The van der Waals surface area contributed by atoms with Crippen molar-refractivity contribution in [2.24, 2.45) is 0 Å². The molecule has 0 aliphatic heterocycles. The number of aliphatic hydroxyl groups excluding tert-OH is 2. The normalized spacial score (nSPS) is 12.8. The van der Waals surface area contributed by atoms with E-state index >= 15 is 0 Å². The van der Waals surface area contributed by atoms with Crippen molar-refractivity contribution >= 4 is 28.5 Å². The molecule has 0 radical (unpaired) electrons. The molecular formula is C12H15N3O2S. The van der Waals surface area contributed by atoms with E-state index in [1.54, 1.807) is 0 Å². The Morgan fingerprint density at radius 3 is 2.83 bits per heavy atom. The monoisotopic (exact) mass is 265 g/mol. The number of anilines is 1. The van der Waals surface area contributed by atoms with Crippen LogP contribution in [0.3, 0.4) is 0 Å². The molecule has 1 atom stereocenters. The molecule has 0 saturated heterocycles. The van der Waals surface area contributed by atoms with Crippen molar-refractivity contribution < 1.29 is 10.2 Å². The van der Waals surface area contributed by atoms with Gasteiger partial charge in [-0.3, -0.25) is 0 Å². The molecule has 1 unspecified atom stereocenters. The number of nitrogen functional groups attached to an aromatic ring is 1. The fourth-order valence-electron chi connectivity index (χ4n) is 1.55. The van der Waals surface area contributed by atoms with Crippen molar-refractivity contribution in [3.8, 4) is 0 Å². The quantitative estimate of drug-likeness (QED) is 0.740. The molecule has 0 fully saturated rings. The largest absolute Gasteiger partial charge is 0.394 e. The highest BCUT2D eigenvalue weighted by molar-refractivity contribution is 7.98. The smallest absolute Gasteiger partial charge is 0.141 e. The third kappa shape index (κ3) is 3.10. The van der Waals surface area contributed by atoms with Gasteiger partial charge in [0, 0.05) is 11.1 Å². The van der Waals surface area contributed by atoms with Crippen LogP contribution >= 0.6 is 11.8 Å². The highest BCUT2D eigenvalue weighted by Gasteiger charge is 2.06. The van der Waals surface area contributed by atoms with Gasteiger partial charge in [0.2, 0.25) is 0 Å². The topological polar surface area (TPSA) is 92.3 Å². The summed E-state index contributed by atoms with van der Waals surface area (Å²) >= 11 is 1.47. The Kier molecular flexibility index (Phi) is 4.35. The number of hydrogen-bond acceptors (Lipinski definition) is 6. The van der Waals surface area contributed by atoms with Crippen LogP contribution in [-0.4, -0.2) is 38.6 Å². The first-order chi connectivity index (χ1) is 8.70. The zero-order valence-electron chi connectivity index (χ0n) is 9.78. The molecule has 5 nitrogen and oxygen atoms in total. The van der Waals surface area contributed by atoms with Gasteiger partial charge in [0.25, 0.3) is 0 Å². The third-order valence-corrected chi connectivity index (χ3v) is 3.51. The number of benzene rings is 1. The zero-order valence-corrected chi connectivity index (χ0v) is 10.6. The number of para-hydroxylation sites is 1. The lowest BCUT2D eigenvalue weighted by Gasteiger charge is -2.07. The maximum Gasteiger partial charge on any atom is 0.141 e. The van der Waals surface area contributed by atoms with Crippen molar-refractivity contribution in [1.82, 2.24) is 9.97 Å². The van der Waals surface area contributed by atoms with Crippen molar-refractivity contribution in [2.45, 2.75) is 11.9 Å². The van der Waals surface area contributed by atoms with Gasteiger partial charge >= 0.3 is 0 Å². The number of aromatic nitrogens is 2. The van der Waals surface area contributed by atoms with Gasteiger partial charge in [-0.2, -0.15) is 11.8 Å². The van der Waals surface area contributed by atoms with Gasteiger partial charge in [-0.1, -0.05) is 12.1 Å². The fourth-order valence-corrected chi connectivity index (χ4v) is 2.36. The molecule has 96 valence electrons. The van der Waals surface area contributed by atoms with Crippen LogP contribution in [0, 0.1) is 0 Å². The minimum atomic E-state index is -0.701. The standard InChI is InChI=1S/C12H15N3O2S/c13-12-9-3-1-2-4-10(9)14-11(15-12)7-18-6-8(17)5-16/h1-4,8,16-17H,5-7H2,(H2,13,14,15). The Morgan fingerprint density at radius 1 is 1.28 bits per heavy atom. The number of rotatable bonds is 5. The molecule has 18 heavy (non-hydrogen) atoms. The van der Waals surface area contributed by atoms with Crippen LogP contribution in [0.5, 0.6) is 0 Å². The molecule has 4 N–H and O–H groups in total. The second-order valence-corrected chi connectivity index (χ2v) is 4.92. The average molecular weight is 265 g/mol. The Hall–Kier alpha value is -1.37. The molecule has 0 saturated carbocycles. The summed E-state index contributed by atoms with van der Waals surface area (Å²) in [6, 6.07) is 7.58. The van der Waals surface area contributed by atoms with Crippen LogP contribution in [0.25, 0.3) is 10.9 Å². The van der Waals surface area contributed by atoms with Gasteiger partial charge < -0.3 is 15.9 Å². The lowest BCUT2D eigenvalue weighted by atomic mass is 10.2. The second kappa shape index (κ2) is 5.99. The van der Waals surface area contributed by atoms with Crippen molar-refractivity contribution in [1.29, 1.82) is 0 Å². The van der Waals surface area contributed by atoms with Gasteiger partial charge in [-0.15, -0.1) is 0 Å². The summed E-state index contributed by atoms with van der Waals surface area (Å²) in [5.41, 5.74) is 6.69. The Morgan fingerprint density at radius 2 is 2.06 bits per heavy atom. The van der Waals surface area contributed by atoms with E-state index < -0.39 is 6.10 Å². The highest BCUT2D eigenvalue weighted by atomic mass is 32.2. The molecule has 2 rings (SSSR count). The molecule has 0 amide bonds. The molecular weight excluding hydrogens is 250 g/mol. The van der Waals surface area contributed by atoms with E-state index in [0.29, 0.717) is 23.1 Å². The van der Waals surface area contributed by atoms with Crippen LogP contribution in [-0.2, 0) is 5.75 Å². The number of aliphatic hydroxyl groups is 2. The lowest BCUT2D eigenvalue weighted by molar-refractivity contribution is 0.113. The molecule has 0 spiro atoms. The van der Waals surface area contributed by atoms with Crippen LogP contribution < -0.4 is 5.73 Å². The van der Waals surface area contributed by atoms with E-state index in [1.807, 2.05) is 24.3 Å². The van der Waals surface area contributed by atoms with Crippen LogP contribution in [0.1, 0.15) is 5.82 Å². The lowest BCUT2D eigenvalue weighted by Crippen LogP contribution is -2.15. The van der Waals surface area contributed by atoms with Gasteiger partial charge in [0.05, 0.1) is 24.0 Å². The summed E-state index contributed by atoms with van der Waals surface area (Å²) < 4.78 is 0. The molecule has 0 aliphatic carbocycles. The molecule has 1 heterocycles. The van der Waals surface area contributed by atoms with E-state index in [2.05, 4.69) is 9.97 Å². The Bertz CT molecular complexity index is 536. The maximum absolute atomic E-state index is 9.23. The van der Waals surface area contributed by atoms with Crippen molar-refractivity contribution in [2.75, 3.05) is 18.1 Å². The SMILES string of the molecule is Nc1nc(CSCC(O)CO)nc2ccccc12. The first kappa shape index (κ1) is 13.1. The van der Waals surface area contributed by atoms with Crippen LogP contribution in [0.2, 0.25) is 0 Å². The predicted octanol–water partition coefficient (Wildman–Crippen LogP) is 0.798. The number of hydrogen-bond donors (Lipinski definition) is 3. The minimum absolute atomic E-state index is 0.228. The summed E-state index contributed by atoms with van der Waals surface area (Å²) in [6.07, 6.45) is -0.701. The van der Waals surface area contributed by atoms with Gasteiger partial charge in [-0.25, -0.2) is 9.97 Å². The summed E-state index contributed by atoms with van der Waals surface area (Å²) in [6.45, 7) is -0.228. The second-order valence-electron chi connectivity index (χ2n) is 3.89. The predicted molar refractivity (Wildman–Crippen MR) is 73.2 cm³/mol. The summed E-state index contributed by atoms with van der Waals surface area (Å²) in [5, 5.41) is 18.8. The van der Waals surface area contributed by atoms with Crippen molar-refractivity contribution in [3.05, 3.63) is 30.1 Å². The number of nitrogens with zero attached hydrogens (tertiary/aromatic N) is 2. The fraction of sp³-hybridized carbons (Fsp3) is 0.333. The van der Waals surface area contributed by atoms with Crippen LogP contribution in [0.4, 0.5) is 5.82 Å². The molecule has 2 aromatic rings. The third-order valence-electron chi connectivity index (χ3n) is 2.43. The van der Waals surface area contributed by atoms with E-state index in [4.69, 9.17) is 10.8 Å². The Balaban J connectivity index is 2.10. The van der Waals surface area contributed by atoms with E-state index in [1.165, 1.54) is 11.8 Å². The molecule has 1 aromatic carbocycles. The number of thioether (sulfide) groups is 1. The average Bonchev–Trinajstić information content (AvgIpc) is 2.38. The van der Waals surface area contributed by atoms with E-state index in [0.717, 1.165) is 10.9 Å². The summed E-state index contributed by atoms with van der Waals surface area (Å²) in [5.74, 6) is 2.12.